The molecular formula is C25H28N2O. The summed E-state index contributed by atoms with van der Waals surface area (Å²) in [7, 11) is 0. The van der Waals surface area contributed by atoms with Crippen LogP contribution in [0.2, 0.25) is 0 Å². The van der Waals surface area contributed by atoms with Crippen molar-refractivity contribution in [2.24, 2.45) is 0 Å². The van der Waals surface area contributed by atoms with Crippen LogP contribution >= 0.6 is 0 Å². The molecule has 0 amide bonds. The van der Waals surface area contributed by atoms with Crippen LogP contribution in [0.15, 0.2) is 78.9 Å². The second-order valence-electron chi connectivity index (χ2n) is 7.41. The molecule has 3 aromatic carbocycles. The molecule has 1 unspecified atom stereocenters. The Morgan fingerprint density at radius 2 is 1.54 bits per heavy atom. The fourth-order valence-electron chi connectivity index (χ4n) is 3.85. The SMILES string of the molecule is Cc1ccc(C(c2ccccc2OCc2ccccc2)N2CCNCC2)cc1. The molecule has 0 spiro atoms. The Morgan fingerprint density at radius 3 is 2.29 bits per heavy atom. The third-order valence-electron chi connectivity index (χ3n) is 5.36. The van der Waals surface area contributed by atoms with Crippen LogP contribution in [0.4, 0.5) is 0 Å². The molecule has 0 aromatic heterocycles. The Morgan fingerprint density at radius 1 is 0.857 bits per heavy atom. The average Bonchev–Trinajstić information content (AvgIpc) is 2.76. The minimum Gasteiger partial charge on any atom is -0.489 e. The van der Waals surface area contributed by atoms with Gasteiger partial charge in [0.15, 0.2) is 0 Å². The van der Waals surface area contributed by atoms with Crippen LogP contribution in [0.5, 0.6) is 5.75 Å². The van der Waals surface area contributed by atoms with Crippen LogP contribution in [-0.4, -0.2) is 31.1 Å². The van der Waals surface area contributed by atoms with Gasteiger partial charge in [-0.1, -0.05) is 78.4 Å². The van der Waals surface area contributed by atoms with E-state index in [-0.39, 0.29) is 6.04 Å². The summed E-state index contributed by atoms with van der Waals surface area (Å²) < 4.78 is 6.30. The van der Waals surface area contributed by atoms with Gasteiger partial charge in [-0.3, -0.25) is 4.90 Å². The first kappa shape index (κ1) is 18.7. The van der Waals surface area contributed by atoms with Crippen molar-refractivity contribution in [3.8, 4) is 5.75 Å². The van der Waals surface area contributed by atoms with Crippen molar-refractivity contribution < 1.29 is 4.74 Å². The van der Waals surface area contributed by atoms with Crippen molar-refractivity contribution in [2.45, 2.75) is 19.6 Å². The molecule has 1 aliphatic rings. The molecular weight excluding hydrogens is 344 g/mol. The van der Waals surface area contributed by atoms with Gasteiger partial charge in [-0.25, -0.2) is 0 Å². The molecule has 28 heavy (non-hydrogen) atoms. The molecule has 0 radical (unpaired) electrons. The lowest BCUT2D eigenvalue weighted by Crippen LogP contribution is -2.45. The van der Waals surface area contributed by atoms with Crippen molar-refractivity contribution in [3.05, 3.63) is 101 Å². The van der Waals surface area contributed by atoms with Gasteiger partial charge in [0, 0.05) is 31.7 Å². The van der Waals surface area contributed by atoms with Crippen molar-refractivity contribution >= 4 is 0 Å². The molecule has 1 N–H and O–H groups in total. The molecule has 144 valence electrons. The van der Waals surface area contributed by atoms with Gasteiger partial charge in [0.1, 0.15) is 12.4 Å². The van der Waals surface area contributed by atoms with Gasteiger partial charge in [-0.2, -0.15) is 0 Å². The van der Waals surface area contributed by atoms with E-state index in [1.54, 1.807) is 0 Å². The highest BCUT2D eigenvalue weighted by atomic mass is 16.5. The summed E-state index contributed by atoms with van der Waals surface area (Å²) in [5.41, 5.74) is 5.04. The van der Waals surface area contributed by atoms with E-state index in [2.05, 4.69) is 89.9 Å². The van der Waals surface area contributed by atoms with E-state index in [4.69, 9.17) is 4.74 Å². The molecule has 1 fully saturated rings. The minimum atomic E-state index is 0.203. The van der Waals surface area contributed by atoms with E-state index >= 15 is 0 Å². The van der Waals surface area contributed by atoms with Crippen molar-refractivity contribution in [2.75, 3.05) is 26.2 Å². The molecule has 3 aromatic rings. The third kappa shape index (κ3) is 4.44. The van der Waals surface area contributed by atoms with Gasteiger partial charge in [-0.15, -0.1) is 0 Å². The summed E-state index contributed by atoms with van der Waals surface area (Å²) in [6, 6.07) is 28.0. The van der Waals surface area contributed by atoms with Gasteiger partial charge in [0.25, 0.3) is 0 Å². The van der Waals surface area contributed by atoms with Crippen molar-refractivity contribution in [3.63, 3.8) is 0 Å². The predicted octanol–water partition coefficient (Wildman–Crippen LogP) is 4.57. The molecule has 4 rings (SSSR count). The first-order valence-corrected chi connectivity index (χ1v) is 10.1. The summed E-state index contributed by atoms with van der Waals surface area (Å²) in [6.07, 6.45) is 0. The summed E-state index contributed by atoms with van der Waals surface area (Å²) in [5.74, 6) is 0.968. The molecule has 0 saturated carbocycles. The lowest BCUT2D eigenvalue weighted by Gasteiger charge is -2.36. The number of nitrogens with one attached hydrogen (secondary N) is 1. The van der Waals surface area contributed by atoms with Gasteiger partial charge < -0.3 is 10.1 Å². The lowest BCUT2D eigenvalue weighted by atomic mass is 9.95. The molecule has 1 saturated heterocycles. The zero-order valence-corrected chi connectivity index (χ0v) is 16.5. The Kier molecular flexibility index (Phi) is 6.05. The largest absolute Gasteiger partial charge is 0.489 e. The van der Waals surface area contributed by atoms with Crippen LogP contribution in [-0.2, 0) is 6.61 Å². The zero-order chi connectivity index (χ0) is 19.2. The van der Waals surface area contributed by atoms with Gasteiger partial charge >= 0.3 is 0 Å². The monoisotopic (exact) mass is 372 g/mol. The van der Waals surface area contributed by atoms with E-state index < -0.39 is 0 Å². The second-order valence-corrected chi connectivity index (χ2v) is 7.41. The van der Waals surface area contributed by atoms with Crippen LogP contribution < -0.4 is 10.1 Å². The van der Waals surface area contributed by atoms with Crippen molar-refractivity contribution in [1.82, 2.24) is 10.2 Å². The fraction of sp³-hybridized carbons (Fsp3) is 0.280. The molecule has 1 aliphatic heterocycles. The Bertz CT molecular complexity index is 871. The summed E-state index contributed by atoms with van der Waals surface area (Å²) in [6.45, 7) is 6.84. The Labute approximate surface area is 168 Å². The van der Waals surface area contributed by atoms with Gasteiger partial charge in [-0.05, 0) is 24.1 Å². The summed E-state index contributed by atoms with van der Waals surface area (Å²) in [4.78, 5) is 2.56. The third-order valence-corrected chi connectivity index (χ3v) is 5.36. The van der Waals surface area contributed by atoms with E-state index in [0.29, 0.717) is 6.61 Å². The van der Waals surface area contributed by atoms with E-state index in [1.807, 2.05) is 6.07 Å². The van der Waals surface area contributed by atoms with Crippen LogP contribution in [0.3, 0.4) is 0 Å². The Hall–Kier alpha value is -2.62. The highest BCUT2D eigenvalue weighted by molar-refractivity contribution is 5.42. The molecule has 0 aliphatic carbocycles. The predicted molar refractivity (Wildman–Crippen MR) is 115 cm³/mol. The van der Waals surface area contributed by atoms with Crippen LogP contribution in [0, 0.1) is 6.92 Å². The van der Waals surface area contributed by atoms with Crippen LogP contribution in [0.1, 0.15) is 28.3 Å². The topological polar surface area (TPSA) is 24.5 Å². The normalized spacial score (nSPS) is 15.9. The highest BCUT2D eigenvalue weighted by Crippen LogP contribution is 2.35. The number of ether oxygens (including phenoxy) is 1. The van der Waals surface area contributed by atoms with Gasteiger partial charge in [0.2, 0.25) is 0 Å². The number of hydrogen-bond donors (Lipinski definition) is 1. The van der Waals surface area contributed by atoms with Crippen molar-refractivity contribution in [1.29, 1.82) is 0 Å². The maximum atomic E-state index is 6.30. The first-order valence-electron chi connectivity index (χ1n) is 10.1. The minimum absolute atomic E-state index is 0.203. The number of piperazine rings is 1. The van der Waals surface area contributed by atoms with Gasteiger partial charge in [0.05, 0.1) is 6.04 Å². The molecule has 3 heteroatoms. The molecule has 3 nitrogen and oxygen atoms in total. The first-order chi connectivity index (χ1) is 13.8. The highest BCUT2D eigenvalue weighted by Gasteiger charge is 2.26. The lowest BCUT2D eigenvalue weighted by molar-refractivity contribution is 0.193. The molecule has 1 atom stereocenters. The fourth-order valence-corrected chi connectivity index (χ4v) is 3.85. The number of rotatable bonds is 6. The summed E-state index contributed by atoms with van der Waals surface area (Å²) in [5, 5.41) is 3.47. The average molecular weight is 373 g/mol. The number of para-hydroxylation sites is 1. The molecule has 1 heterocycles. The number of benzene rings is 3. The van der Waals surface area contributed by atoms with Crippen LogP contribution in [0.25, 0.3) is 0 Å². The number of nitrogens with zero attached hydrogens (tertiary/aromatic N) is 1. The zero-order valence-electron chi connectivity index (χ0n) is 16.5. The van der Waals surface area contributed by atoms with E-state index in [0.717, 1.165) is 31.9 Å². The Balaban J connectivity index is 1.66. The quantitative estimate of drug-likeness (QED) is 0.686. The standard InChI is InChI=1S/C25H28N2O/c1-20-11-13-22(14-12-20)25(27-17-15-26-16-18-27)23-9-5-6-10-24(23)28-19-21-7-3-2-4-8-21/h2-14,25-26H,15-19H2,1H3. The number of aryl methyl sites for hydroxylation is 1. The maximum Gasteiger partial charge on any atom is 0.124 e. The van der Waals surface area contributed by atoms with E-state index in [9.17, 15) is 0 Å². The van der Waals surface area contributed by atoms with E-state index in [1.165, 1.54) is 22.3 Å². The second kappa shape index (κ2) is 9.05. The summed E-state index contributed by atoms with van der Waals surface area (Å²) >= 11 is 0. The molecule has 0 bridgehead atoms. The smallest absolute Gasteiger partial charge is 0.124 e. The maximum absolute atomic E-state index is 6.30. The number of hydrogen-bond acceptors (Lipinski definition) is 3.